The summed E-state index contributed by atoms with van der Waals surface area (Å²) in [7, 11) is 0. The van der Waals surface area contributed by atoms with E-state index in [-0.39, 0.29) is 0 Å². The van der Waals surface area contributed by atoms with E-state index in [4.69, 9.17) is 9.84 Å². The van der Waals surface area contributed by atoms with Crippen LogP contribution < -0.4 is 15.4 Å². The molecule has 3 N–H and O–H groups in total. The highest BCUT2D eigenvalue weighted by atomic mass is 32.2. The van der Waals surface area contributed by atoms with Crippen LogP contribution in [0.5, 0.6) is 11.5 Å². The largest absolute Gasteiger partial charge is 0.480 e. The van der Waals surface area contributed by atoms with Crippen LogP contribution in [0.2, 0.25) is 0 Å². The van der Waals surface area contributed by atoms with E-state index >= 15 is 0 Å². The highest BCUT2D eigenvalue weighted by Gasteiger charge is 2.19. The quantitative estimate of drug-likeness (QED) is 0.666. The number of aliphatic carboxylic acids is 1. The van der Waals surface area contributed by atoms with Gasteiger partial charge in [0.15, 0.2) is 0 Å². The number of anilines is 1. The Morgan fingerprint density at radius 2 is 1.72 bits per heavy atom. The first-order valence-corrected chi connectivity index (χ1v) is 9.10. The van der Waals surface area contributed by atoms with Crippen LogP contribution in [0.3, 0.4) is 0 Å². The molecule has 0 unspecified atom stereocenters. The number of ether oxygens (including phenoxy) is 1. The second-order valence-electron chi connectivity index (χ2n) is 5.21. The van der Waals surface area contributed by atoms with Gasteiger partial charge in [0.25, 0.3) is 0 Å². The molecule has 0 bridgehead atoms. The maximum absolute atomic E-state index is 11.9. The second kappa shape index (κ2) is 9.58. The molecule has 1 atom stereocenters. The zero-order valence-corrected chi connectivity index (χ0v) is 14.6. The van der Waals surface area contributed by atoms with Crippen LogP contribution in [0.4, 0.5) is 10.5 Å². The first-order chi connectivity index (χ1) is 12.1. The lowest BCUT2D eigenvalue weighted by molar-refractivity contribution is -0.139. The number of carbonyl (C=O) groups excluding carboxylic acids is 1. The molecule has 25 heavy (non-hydrogen) atoms. The normalized spacial score (nSPS) is 11.4. The molecule has 0 saturated heterocycles. The van der Waals surface area contributed by atoms with Gasteiger partial charge in [0.2, 0.25) is 0 Å². The van der Waals surface area contributed by atoms with E-state index in [1.54, 1.807) is 24.3 Å². The molecule has 0 saturated carbocycles. The minimum Gasteiger partial charge on any atom is -0.480 e. The summed E-state index contributed by atoms with van der Waals surface area (Å²) < 4.78 is 5.67. The summed E-state index contributed by atoms with van der Waals surface area (Å²) in [5, 5.41) is 14.2. The molecular weight excluding hydrogens is 340 g/mol. The molecule has 132 valence electrons. The molecule has 0 aliphatic carbocycles. The van der Waals surface area contributed by atoms with Gasteiger partial charge in [0.05, 0.1) is 0 Å². The topological polar surface area (TPSA) is 87.7 Å². The summed E-state index contributed by atoms with van der Waals surface area (Å²) in [6.07, 6.45) is 2.26. The van der Waals surface area contributed by atoms with Crippen LogP contribution in [-0.2, 0) is 4.79 Å². The lowest BCUT2D eigenvalue weighted by atomic mass is 10.2. The molecule has 0 aliphatic heterocycles. The van der Waals surface area contributed by atoms with Crippen LogP contribution in [0.15, 0.2) is 54.6 Å². The van der Waals surface area contributed by atoms with Crippen molar-refractivity contribution in [3.05, 3.63) is 54.6 Å². The van der Waals surface area contributed by atoms with Crippen molar-refractivity contribution in [2.45, 2.75) is 12.5 Å². The molecular formula is C18H20N2O4S. The smallest absolute Gasteiger partial charge is 0.326 e. The van der Waals surface area contributed by atoms with E-state index in [1.165, 1.54) is 11.8 Å². The van der Waals surface area contributed by atoms with Crippen molar-refractivity contribution in [1.82, 2.24) is 5.32 Å². The molecule has 6 nitrogen and oxygen atoms in total. The first-order valence-electron chi connectivity index (χ1n) is 7.70. The van der Waals surface area contributed by atoms with Crippen LogP contribution in [0, 0.1) is 0 Å². The average molecular weight is 360 g/mol. The van der Waals surface area contributed by atoms with Crippen molar-refractivity contribution in [1.29, 1.82) is 0 Å². The SMILES string of the molecule is CSCC[C@H](NC(=O)Nc1ccc(Oc2ccccc2)cc1)C(=O)O. The lowest BCUT2D eigenvalue weighted by Crippen LogP contribution is -2.43. The predicted octanol–water partition coefficient (Wildman–Crippen LogP) is 3.81. The van der Waals surface area contributed by atoms with E-state index < -0.39 is 18.0 Å². The highest BCUT2D eigenvalue weighted by molar-refractivity contribution is 7.98. The molecule has 2 amide bonds. The Morgan fingerprint density at radius 3 is 2.32 bits per heavy atom. The minimum absolute atomic E-state index is 0.369. The molecule has 2 aromatic rings. The predicted molar refractivity (Wildman–Crippen MR) is 99.5 cm³/mol. The third kappa shape index (κ3) is 6.39. The van der Waals surface area contributed by atoms with Gasteiger partial charge in [-0.2, -0.15) is 11.8 Å². The average Bonchev–Trinajstić information content (AvgIpc) is 2.61. The second-order valence-corrected chi connectivity index (χ2v) is 6.20. The van der Waals surface area contributed by atoms with Gasteiger partial charge in [-0.05, 0) is 54.8 Å². The zero-order valence-electron chi connectivity index (χ0n) is 13.8. The van der Waals surface area contributed by atoms with Gasteiger partial charge in [0, 0.05) is 5.69 Å². The van der Waals surface area contributed by atoms with Gasteiger partial charge >= 0.3 is 12.0 Å². The zero-order chi connectivity index (χ0) is 18.1. The number of nitrogens with one attached hydrogen (secondary N) is 2. The van der Waals surface area contributed by atoms with E-state index in [0.717, 1.165) is 5.75 Å². The molecule has 2 aromatic carbocycles. The van der Waals surface area contributed by atoms with Crippen molar-refractivity contribution in [3.63, 3.8) is 0 Å². The molecule has 0 heterocycles. The molecule has 7 heteroatoms. The number of benzene rings is 2. The summed E-state index contributed by atoms with van der Waals surface area (Å²) in [5.74, 6) is 0.971. The molecule has 0 aromatic heterocycles. The van der Waals surface area contributed by atoms with E-state index in [9.17, 15) is 9.59 Å². The monoisotopic (exact) mass is 360 g/mol. The number of thioether (sulfide) groups is 1. The third-order valence-corrected chi connectivity index (χ3v) is 3.95. The van der Waals surface area contributed by atoms with Gasteiger partial charge in [-0.3, -0.25) is 0 Å². The Labute approximate surface area is 150 Å². The van der Waals surface area contributed by atoms with E-state index in [0.29, 0.717) is 23.6 Å². The van der Waals surface area contributed by atoms with Crippen molar-refractivity contribution in [2.24, 2.45) is 0 Å². The van der Waals surface area contributed by atoms with Gasteiger partial charge < -0.3 is 20.5 Å². The minimum atomic E-state index is -1.05. The number of carbonyl (C=O) groups is 2. The van der Waals surface area contributed by atoms with Crippen LogP contribution in [-0.4, -0.2) is 35.2 Å². The fourth-order valence-electron chi connectivity index (χ4n) is 2.05. The number of urea groups is 1. The van der Waals surface area contributed by atoms with Gasteiger partial charge in [-0.15, -0.1) is 0 Å². The summed E-state index contributed by atoms with van der Waals surface area (Å²) in [6, 6.07) is 14.7. The molecule has 0 aliphatic rings. The van der Waals surface area contributed by atoms with Crippen molar-refractivity contribution < 1.29 is 19.4 Å². The Bertz CT molecular complexity index is 692. The third-order valence-electron chi connectivity index (χ3n) is 3.31. The summed E-state index contributed by atoms with van der Waals surface area (Å²) >= 11 is 1.53. The number of carboxylic acid groups (broad SMARTS) is 1. The Morgan fingerprint density at radius 1 is 1.08 bits per heavy atom. The van der Waals surface area contributed by atoms with Crippen LogP contribution >= 0.6 is 11.8 Å². The maximum atomic E-state index is 11.9. The lowest BCUT2D eigenvalue weighted by Gasteiger charge is -2.15. The number of amides is 2. The highest BCUT2D eigenvalue weighted by Crippen LogP contribution is 2.22. The summed E-state index contributed by atoms with van der Waals surface area (Å²) in [6.45, 7) is 0. The Hall–Kier alpha value is -2.67. The van der Waals surface area contributed by atoms with Crippen molar-refractivity contribution in [3.8, 4) is 11.5 Å². The first kappa shape index (κ1) is 18.7. The number of hydrogen-bond acceptors (Lipinski definition) is 4. The van der Waals surface area contributed by atoms with Gasteiger partial charge in [0.1, 0.15) is 17.5 Å². The Kier molecular flexibility index (Phi) is 7.16. The van der Waals surface area contributed by atoms with Crippen molar-refractivity contribution in [2.75, 3.05) is 17.3 Å². The molecule has 2 rings (SSSR count). The number of carboxylic acids is 1. The number of hydrogen-bond donors (Lipinski definition) is 3. The molecule has 0 fully saturated rings. The number of para-hydroxylation sites is 1. The molecule has 0 spiro atoms. The van der Waals surface area contributed by atoms with Crippen LogP contribution in [0.25, 0.3) is 0 Å². The van der Waals surface area contributed by atoms with Crippen molar-refractivity contribution >= 4 is 29.4 Å². The summed E-state index contributed by atoms with van der Waals surface area (Å²) in [4.78, 5) is 23.1. The van der Waals surface area contributed by atoms with Crippen LogP contribution in [0.1, 0.15) is 6.42 Å². The van der Waals surface area contributed by atoms with Gasteiger partial charge in [-0.1, -0.05) is 18.2 Å². The number of rotatable bonds is 8. The Balaban J connectivity index is 1.89. The van der Waals surface area contributed by atoms with E-state index in [2.05, 4.69) is 10.6 Å². The fraction of sp³-hybridized carbons (Fsp3) is 0.222. The standard InChI is InChI=1S/C18H20N2O4S/c1-25-12-11-16(17(21)22)20-18(23)19-13-7-9-15(10-8-13)24-14-5-3-2-4-6-14/h2-10,16H,11-12H2,1H3,(H,21,22)(H2,19,20,23)/t16-/m0/s1. The van der Waals surface area contributed by atoms with Gasteiger partial charge in [-0.25, -0.2) is 9.59 Å². The fourth-order valence-corrected chi connectivity index (χ4v) is 2.52. The van der Waals surface area contributed by atoms with E-state index in [1.807, 2.05) is 36.6 Å². The summed E-state index contributed by atoms with van der Waals surface area (Å²) in [5.41, 5.74) is 0.548. The molecule has 0 radical (unpaired) electrons. The maximum Gasteiger partial charge on any atom is 0.326 e.